The number of carbonyl (C=O) groups is 3. The minimum Gasteiger partial charge on any atom is -0.480 e. The van der Waals surface area contributed by atoms with Crippen LogP contribution in [0.15, 0.2) is 0 Å². The van der Waals surface area contributed by atoms with E-state index in [1.165, 1.54) is 6.92 Å². The summed E-state index contributed by atoms with van der Waals surface area (Å²) in [6.07, 6.45) is 0. The molecule has 1 heterocycles. The maximum atomic E-state index is 10.9. The molecule has 4 nitrogen and oxygen atoms in total. The number of hydrogen-bond acceptors (Lipinski definition) is 4. The number of rotatable bonds is 1. The Morgan fingerprint density at radius 2 is 2.18 bits per heavy atom. The Balaban J connectivity index is 2.99. The summed E-state index contributed by atoms with van der Waals surface area (Å²) in [5.41, 5.74) is 0. The second-order valence-corrected chi connectivity index (χ2v) is 3.77. The van der Waals surface area contributed by atoms with E-state index in [-0.39, 0.29) is 5.75 Å². The highest BCUT2D eigenvalue weighted by atomic mass is 32.2. The molecule has 0 amide bonds. The molecule has 5 heteroatoms. The number of aliphatic carboxylic acids is 1. The molecule has 1 aliphatic rings. The van der Waals surface area contributed by atoms with Gasteiger partial charge in [-0.05, 0) is 6.92 Å². The zero-order valence-electron chi connectivity index (χ0n) is 5.79. The molecule has 1 rings (SSSR count). The molecule has 0 aliphatic carbocycles. The van der Waals surface area contributed by atoms with Gasteiger partial charge in [0, 0.05) is 0 Å². The summed E-state index contributed by atoms with van der Waals surface area (Å²) in [5.74, 6) is -2.64. The molecule has 0 aromatic heterocycles. The summed E-state index contributed by atoms with van der Waals surface area (Å²) in [5, 5.41) is 8.57. The summed E-state index contributed by atoms with van der Waals surface area (Å²) in [7, 11) is 0. The fourth-order valence-corrected chi connectivity index (χ4v) is 1.69. The Labute approximate surface area is 67.0 Å². The van der Waals surface area contributed by atoms with E-state index in [0.717, 1.165) is 11.8 Å². The molecule has 1 fully saturated rings. The van der Waals surface area contributed by atoms with E-state index in [1.54, 1.807) is 0 Å². The molecule has 60 valence electrons. The molecule has 11 heavy (non-hydrogen) atoms. The van der Waals surface area contributed by atoms with Gasteiger partial charge in [0.05, 0.1) is 5.75 Å². The van der Waals surface area contributed by atoms with Gasteiger partial charge in [-0.1, -0.05) is 0 Å². The first kappa shape index (κ1) is 8.26. The fourth-order valence-electron chi connectivity index (χ4n) is 0.766. The van der Waals surface area contributed by atoms with Crippen molar-refractivity contribution < 1.29 is 19.5 Å². The van der Waals surface area contributed by atoms with Crippen LogP contribution in [-0.2, 0) is 14.4 Å². The van der Waals surface area contributed by atoms with E-state index in [0.29, 0.717) is 0 Å². The minimum atomic E-state index is -1.53. The Kier molecular flexibility index (Phi) is 1.75. The van der Waals surface area contributed by atoms with Crippen molar-refractivity contribution in [1.82, 2.24) is 0 Å². The van der Waals surface area contributed by atoms with E-state index in [2.05, 4.69) is 0 Å². The van der Waals surface area contributed by atoms with Gasteiger partial charge < -0.3 is 5.11 Å². The van der Waals surface area contributed by atoms with Crippen LogP contribution in [0.4, 0.5) is 0 Å². The molecular weight excluding hydrogens is 168 g/mol. The topological polar surface area (TPSA) is 71.4 Å². The summed E-state index contributed by atoms with van der Waals surface area (Å²) in [6.45, 7) is 1.26. The second-order valence-electron chi connectivity index (χ2n) is 2.38. The van der Waals surface area contributed by atoms with E-state index in [4.69, 9.17) is 5.11 Å². The highest BCUT2D eigenvalue weighted by molar-refractivity contribution is 8.04. The molecule has 1 atom stereocenters. The SMILES string of the molecule is CC1(C(=O)O)SCC(=O)C1=O. The Hall–Kier alpha value is -0.840. The number of carboxylic acid groups (broad SMARTS) is 1. The number of carboxylic acids is 1. The highest BCUT2D eigenvalue weighted by Gasteiger charge is 2.50. The van der Waals surface area contributed by atoms with Crippen LogP contribution < -0.4 is 0 Å². The summed E-state index contributed by atoms with van der Waals surface area (Å²) in [4.78, 5) is 32.1. The van der Waals surface area contributed by atoms with Gasteiger partial charge in [-0.3, -0.25) is 14.4 Å². The first-order valence-corrected chi connectivity index (χ1v) is 3.92. The lowest BCUT2D eigenvalue weighted by atomic mass is 10.0. The van der Waals surface area contributed by atoms with Crippen LogP contribution in [0, 0.1) is 0 Å². The van der Waals surface area contributed by atoms with Crippen molar-refractivity contribution in [2.45, 2.75) is 11.7 Å². The lowest BCUT2D eigenvalue weighted by molar-refractivity contribution is -0.146. The summed E-state index contributed by atoms with van der Waals surface area (Å²) in [6, 6.07) is 0. The first-order valence-electron chi connectivity index (χ1n) is 2.93. The van der Waals surface area contributed by atoms with E-state index < -0.39 is 22.3 Å². The van der Waals surface area contributed by atoms with Gasteiger partial charge in [-0.25, -0.2) is 0 Å². The van der Waals surface area contributed by atoms with Crippen LogP contribution in [0.3, 0.4) is 0 Å². The summed E-state index contributed by atoms with van der Waals surface area (Å²) >= 11 is 0.870. The average molecular weight is 174 g/mol. The van der Waals surface area contributed by atoms with Crippen molar-refractivity contribution in [2.75, 3.05) is 5.75 Å². The van der Waals surface area contributed by atoms with Crippen molar-refractivity contribution in [2.24, 2.45) is 0 Å². The van der Waals surface area contributed by atoms with Crippen LogP contribution in [0.25, 0.3) is 0 Å². The molecule has 1 N–H and O–H groups in total. The van der Waals surface area contributed by atoms with Gasteiger partial charge in [0.25, 0.3) is 0 Å². The Morgan fingerprint density at radius 1 is 1.64 bits per heavy atom. The van der Waals surface area contributed by atoms with Gasteiger partial charge in [-0.2, -0.15) is 0 Å². The Morgan fingerprint density at radius 3 is 2.36 bits per heavy atom. The van der Waals surface area contributed by atoms with E-state index in [1.807, 2.05) is 0 Å². The van der Waals surface area contributed by atoms with Crippen LogP contribution in [-0.4, -0.2) is 33.1 Å². The molecular formula is C6H6O4S. The van der Waals surface area contributed by atoms with Crippen LogP contribution in [0.1, 0.15) is 6.92 Å². The van der Waals surface area contributed by atoms with Gasteiger partial charge in [0.2, 0.25) is 11.6 Å². The molecule has 1 aliphatic heterocycles. The second kappa shape index (κ2) is 2.34. The van der Waals surface area contributed by atoms with Crippen LogP contribution >= 0.6 is 11.8 Å². The van der Waals surface area contributed by atoms with E-state index in [9.17, 15) is 14.4 Å². The third-order valence-electron chi connectivity index (χ3n) is 1.59. The van der Waals surface area contributed by atoms with Gasteiger partial charge in [0.15, 0.2) is 4.75 Å². The van der Waals surface area contributed by atoms with Gasteiger partial charge >= 0.3 is 5.97 Å². The molecule has 0 aromatic rings. The largest absolute Gasteiger partial charge is 0.480 e. The molecule has 0 aromatic carbocycles. The number of Topliss-reactive ketones (excluding diaryl/α,β-unsaturated/α-hetero) is 2. The monoisotopic (exact) mass is 174 g/mol. The quantitative estimate of drug-likeness (QED) is 0.437. The Bertz CT molecular complexity index is 247. The molecule has 0 radical (unpaired) electrons. The molecule has 0 spiro atoms. The number of ketones is 2. The number of carbonyl (C=O) groups excluding carboxylic acids is 2. The maximum Gasteiger partial charge on any atom is 0.327 e. The predicted molar refractivity (Wildman–Crippen MR) is 38.5 cm³/mol. The number of hydrogen-bond donors (Lipinski definition) is 1. The van der Waals surface area contributed by atoms with Crippen molar-refractivity contribution in [3.05, 3.63) is 0 Å². The van der Waals surface area contributed by atoms with Crippen LogP contribution in [0.5, 0.6) is 0 Å². The minimum absolute atomic E-state index is 0.0123. The van der Waals surface area contributed by atoms with Crippen molar-refractivity contribution >= 4 is 29.3 Å². The smallest absolute Gasteiger partial charge is 0.327 e. The zero-order chi connectivity index (χ0) is 8.65. The van der Waals surface area contributed by atoms with Crippen molar-refractivity contribution in [3.63, 3.8) is 0 Å². The third kappa shape index (κ3) is 1.05. The zero-order valence-corrected chi connectivity index (χ0v) is 6.60. The fraction of sp³-hybridized carbons (Fsp3) is 0.500. The third-order valence-corrected chi connectivity index (χ3v) is 2.93. The van der Waals surface area contributed by atoms with Gasteiger partial charge in [-0.15, -0.1) is 11.8 Å². The predicted octanol–water partition coefficient (Wildman–Crippen LogP) is -0.285. The summed E-state index contributed by atoms with van der Waals surface area (Å²) < 4.78 is -1.53. The van der Waals surface area contributed by atoms with E-state index >= 15 is 0 Å². The van der Waals surface area contributed by atoms with Crippen LogP contribution in [0.2, 0.25) is 0 Å². The molecule has 0 bridgehead atoms. The molecule has 0 saturated carbocycles. The first-order chi connectivity index (χ1) is 4.98. The normalized spacial score (nSPS) is 31.0. The standard InChI is InChI=1S/C6H6O4S/c1-6(5(9)10)4(8)3(7)2-11-6/h2H2,1H3,(H,9,10). The highest BCUT2D eigenvalue weighted by Crippen LogP contribution is 2.32. The molecule has 1 saturated heterocycles. The lowest BCUT2D eigenvalue weighted by Crippen LogP contribution is -2.38. The van der Waals surface area contributed by atoms with Crippen molar-refractivity contribution in [1.29, 1.82) is 0 Å². The van der Waals surface area contributed by atoms with Gasteiger partial charge in [0.1, 0.15) is 0 Å². The molecule has 1 unspecified atom stereocenters. The number of thioether (sulfide) groups is 1. The average Bonchev–Trinajstić information content (AvgIpc) is 2.18. The lowest BCUT2D eigenvalue weighted by Gasteiger charge is -2.11. The maximum absolute atomic E-state index is 10.9. The van der Waals surface area contributed by atoms with Crippen molar-refractivity contribution in [3.8, 4) is 0 Å².